The van der Waals surface area contributed by atoms with Crippen molar-refractivity contribution in [2.75, 3.05) is 21.3 Å². The van der Waals surface area contributed by atoms with Crippen molar-refractivity contribution in [2.24, 2.45) is 0 Å². The molecule has 3 aliphatic rings. The predicted molar refractivity (Wildman–Crippen MR) is 288 cm³/mol. The quantitative estimate of drug-likeness (QED) is 0.0878. The number of rotatable bonds is 17. The van der Waals surface area contributed by atoms with Crippen LogP contribution in [0.4, 0.5) is 0 Å². The summed E-state index contributed by atoms with van der Waals surface area (Å²) >= 11 is 1.67. The molecular weight excluding hydrogens is 1000 g/mol. The van der Waals surface area contributed by atoms with E-state index in [1.807, 2.05) is 135 Å². The van der Waals surface area contributed by atoms with Gasteiger partial charge in [-0.15, -0.1) is 0 Å². The zero-order valence-corrected chi connectivity index (χ0v) is 46.7. The number of thioether (sulfide) groups is 1. The maximum atomic E-state index is 13.3. The number of benzene rings is 5. The number of ether oxygens (including phenoxy) is 8. The minimum absolute atomic E-state index is 0.0262. The topological polar surface area (TPSA) is 155 Å². The first-order valence-electron chi connectivity index (χ1n) is 24.6. The maximum absolute atomic E-state index is 13.3. The highest BCUT2D eigenvalue weighted by Crippen LogP contribution is 2.35. The summed E-state index contributed by atoms with van der Waals surface area (Å²) < 4.78 is 77.4. The Balaban J connectivity index is 0.000000188. The van der Waals surface area contributed by atoms with E-state index in [4.69, 9.17) is 42.3 Å². The van der Waals surface area contributed by atoms with Crippen LogP contribution in [0, 0.1) is 0 Å². The molecule has 5 aromatic carbocycles. The Morgan fingerprint density at radius 2 is 1.10 bits per heavy atom. The van der Waals surface area contributed by atoms with E-state index in [-0.39, 0.29) is 47.2 Å². The van der Waals surface area contributed by atoms with Crippen molar-refractivity contribution in [2.45, 2.75) is 153 Å². The van der Waals surface area contributed by atoms with Crippen LogP contribution in [0.1, 0.15) is 57.6 Å². The molecule has 73 heavy (non-hydrogen) atoms. The van der Waals surface area contributed by atoms with Gasteiger partial charge in [-0.3, -0.25) is 13.2 Å². The molecule has 0 aromatic heterocycles. The first-order chi connectivity index (χ1) is 35.0. The SMILES string of the molecule is CC1OC(S(=O)c2ccccc2)CCC1=O.COc1ccc(COC2CC(S(=O)c3ccc(OC)cc3)OC(C)C2O[Si](C)(C)C)cc1.COc1ccc(COC2CC(Sc3ccccc3)OC(C)C2O)cc1. The molecule has 0 bridgehead atoms. The van der Waals surface area contributed by atoms with Crippen LogP contribution in [0.2, 0.25) is 19.6 Å². The van der Waals surface area contributed by atoms with Gasteiger partial charge >= 0.3 is 0 Å². The maximum Gasteiger partial charge on any atom is 0.184 e. The van der Waals surface area contributed by atoms with Gasteiger partial charge in [0.05, 0.1) is 86.7 Å². The third-order valence-electron chi connectivity index (χ3n) is 12.2. The number of carbonyl (C=O) groups is 1. The molecule has 396 valence electrons. The van der Waals surface area contributed by atoms with Crippen LogP contribution in [0.25, 0.3) is 0 Å². The Labute approximate surface area is 441 Å². The lowest BCUT2D eigenvalue weighted by molar-refractivity contribution is -0.160. The van der Waals surface area contributed by atoms with Gasteiger partial charge in [0, 0.05) is 33.9 Å². The molecule has 0 amide bonds. The van der Waals surface area contributed by atoms with Crippen molar-refractivity contribution in [3.05, 3.63) is 145 Å². The van der Waals surface area contributed by atoms with E-state index in [0.717, 1.165) is 38.2 Å². The lowest BCUT2D eigenvalue weighted by atomic mass is 10.0. The van der Waals surface area contributed by atoms with Crippen molar-refractivity contribution >= 4 is 47.5 Å². The lowest BCUT2D eigenvalue weighted by Gasteiger charge is -2.42. The van der Waals surface area contributed by atoms with Crippen molar-refractivity contribution in [3.63, 3.8) is 0 Å². The van der Waals surface area contributed by atoms with Gasteiger partial charge < -0.3 is 47.4 Å². The van der Waals surface area contributed by atoms with Gasteiger partial charge in [-0.1, -0.05) is 72.4 Å². The van der Waals surface area contributed by atoms with Gasteiger partial charge in [0.25, 0.3) is 0 Å². The molecule has 17 heteroatoms. The molecule has 0 radical (unpaired) electrons. The summed E-state index contributed by atoms with van der Waals surface area (Å²) in [5.41, 5.74) is 1.25. The number of methoxy groups -OCH3 is 3. The Morgan fingerprint density at radius 1 is 0.603 bits per heavy atom. The molecule has 0 saturated carbocycles. The second kappa shape index (κ2) is 28.6. The highest BCUT2D eigenvalue weighted by molar-refractivity contribution is 7.99. The van der Waals surface area contributed by atoms with Crippen LogP contribution in [0.15, 0.2) is 148 Å². The summed E-state index contributed by atoms with van der Waals surface area (Å²) in [5, 5.41) is 10.4. The van der Waals surface area contributed by atoms with Gasteiger partial charge in [0.15, 0.2) is 14.1 Å². The van der Waals surface area contributed by atoms with E-state index in [1.165, 1.54) is 0 Å². The number of hydrogen-bond acceptors (Lipinski definition) is 14. The Bertz CT molecular complexity index is 2460. The third kappa shape index (κ3) is 18.0. The van der Waals surface area contributed by atoms with Crippen LogP contribution in [-0.4, -0.2) is 108 Å². The molecule has 12 unspecified atom stereocenters. The third-order valence-corrected chi connectivity index (χ3v) is 17.4. The van der Waals surface area contributed by atoms with E-state index in [0.29, 0.717) is 43.8 Å². The van der Waals surface area contributed by atoms with Crippen LogP contribution in [0.3, 0.4) is 0 Å². The summed E-state index contributed by atoms with van der Waals surface area (Å²) in [7, 11) is 0.561. The molecular formula is C56H72O13S3Si. The monoisotopic (exact) mass is 1080 g/mol. The smallest absolute Gasteiger partial charge is 0.184 e. The molecule has 0 spiro atoms. The van der Waals surface area contributed by atoms with Gasteiger partial charge in [-0.25, -0.2) is 0 Å². The molecule has 0 aliphatic carbocycles. The lowest BCUT2D eigenvalue weighted by Crippen LogP contribution is -2.53. The summed E-state index contributed by atoms with van der Waals surface area (Å²) in [4.78, 5) is 13.9. The number of aliphatic hydroxyl groups is 1. The predicted octanol–water partition coefficient (Wildman–Crippen LogP) is 10.5. The van der Waals surface area contributed by atoms with Crippen molar-refractivity contribution in [3.8, 4) is 17.2 Å². The van der Waals surface area contributed by atoms with Gasteiger partial charge in [-0.05, 0) is 131 Å². The molecule has 3 aliphatic heterocycles. The first kappa shape index (κ1) is 58.0. The summed E-state index contributed by atoms with van der Waals surface area (Å²) in [6, 6.07) is 42.3. The molecule has 3 heterocycles. The number of aliphatic hydroxyl groups excluding tert-OH is 1. The van der Waals surface area contributed by atoms with E-state index in [1.54, 1.807) is 40.0 Å². The molecule has 13 nitrogen and oxygen atoms in total. The van der Waals surface area contributed by atoms with Crippen LogP contribution >= 0.6 is 11.8 Å². The second-order valence-electron chi connectivity index (χ2n) is 18.8. The molecule has 1 N–H and O–H groups in total. The second-order valence-corrected chi connectivity index (χ2v) is 27.7. The summed E-state index contributed by atoms with van der Waals surface area (Å²) in [5.74, 6) is 2.46. The van der Waals surface area contributed by atoms with Crippen LogP contribution < -0.4 is 14.2 Å². The molecule has 5 aromatic rings. The average Bonchev–Trinajstić information content (AvgIpc) is 3.40. The number of hydrogen-bond donors (Lipinski definition) is 1. The zero-order chi connectivity index (χ0) is 52.5. The fourth-order valence-electron chi connectivity index (χ4n) is 8.19. The van der Waals surface area contributed by atoms with Crippen LogP contribution in [0.5, 0.6) is 17.2 Å². The fourth-order valence-corrected chi connectivity index (χ4v) is 13.2. The largest absolute Gasteiger partial charge is 0.497 e. The number of Topliss-reactive ketones (excluding diaryl/α,β-unsaturated/α-hetero) is 1. The number of carbonyl (C=O) groups excluding carboxylic acids is 1. The van der Waals surface area contributed by atoms with E-state index in [2.05, 4.69) is 31.8 Å². The molecule has 3 fully saturated rings. The first-order valence-corrected chi connectivity index (χ1v) is 31.3. The van der Waals surface area contributed by atoms with Crippen molar-refractivity contribution < 1.29 is 60.6 Å². The summed E-state index contributed by atoms with van der Waals surface area (Å²) in [6.07, 6.45) is -0.0440. The minimum atomic E-state index is -1.84. The van der Waals surface area contributed by atoms with Crippen molar-refractivity contribution in [1.82, 2.24) is 0 Å². The van der Waals surface area contributed by atoms with Gasteiger partial charge in [0.2, 0.25) is 0 Å². The normalized spacial score (nSPS) is 25.9. The highest BCUT2D eigenvalue weighted by Gasteiger charge is 2.43. The van der Waals surface area contributed by atoms with E-state index >= 15 is 0 Å². The highest BCUT2D eigenvalue weighted by atomic mass is 32.2. The summed E-state index contributed by atoms with van der Waals surface area (Å²) in [6.45, 7) is 13.0. The Kier molecular flexibility index (Phi) is 22.7. The molecule has 12 atom stereocenters. The minimum Gasteiger partial charge on any atom is -0.497 e. The Hall–Kier alpha value is -4.24. The molecule has 3 saturated heterocycles. The zero-order valence-electron chi connectivity index (χ0n) is 43.3. The van der Waals surface area contributed by atoms with Gasteiger partial charge in [0.1, 0.15) is 45.8 Å². The van der Waals surface area contributed by atoms with Crippen molar-refractivity contribution in [1.29, 1.82) is 0 Å². The van der Waals surface area contributed by atoms with E-state index in [9.17, 15) is 18.3 Å². The molecule has 8 rings (SSSR count). The van der Waals surface area contributed by atoms with Crippen LogP contribution in [-0.2, 0) is 67.7 Å². The van der Waals surface area contributed by atoms with Gasteiger partial charge in [-0.2, -0.15) is 0 Å². The standard InChI is InChI=1S/C24H34O6SSi.C20H24O4S.C12H14O3S/c1-17-24(30-32(4,5)6)22(28-16-18-7-9-19(26-2)10-8-18)15-23(29-17)31(25)21-13-11-20(27-3)12-14-21;1-14-20(21)18(23-13-15-8-10-16(22-2)11-9-15)12-19(24-14)25-17-6-4-3-5-7-17;1-9-11(13)7-8-12(15-9)16(14)10-5-3-2-4-6-10/h7-14,17,22-24H,15-16H2,1-6H3;3-11,14,18-21H,12-13H2,1-2H3;2-6,9,12H,7-8H2,1H3. The Morgan fingerprint density at radius 3 is 1.62 bits per heavy atom. The average molecular weight is 1080 g/mol. The van der Waals surface area contributed by atoms with E-state index < -0.39 is 47.6 Å². The fraction of sp³-hybridized carbons (Fsp3) is 0.446. The number of ketones is 1.